The van der Waals surface area contributed by atoms with Crippen LogP contribution in [-0.4, -0.2) is 49.1 Å². The molecular weight excluding hydrogens is 372 g/mol. The molecule has 25 heavy (non-hydrogen) atoms. The van der Waals surface area contributed by atoms with Crippen molar-refractivity contribution >= 4 is 45.0 Å². The van der Waals surface area contributed by atoms with E-state index in [1.165, 1.54) is 11.6 Å². The molecule has 0 bridgehead atoms. The third-order valence-electron chi connectivity index (χ3n) is 3.05. The molecule has 0 radical (unpaired) electrons. The summed E-state index contributed by atoms with van der Waals surface area (Å²) >= 11 is 0.849. The van der Waals surface area contributed by atoms with E-state index in [0.717, 1.165) is 23.7 Å². The van der Waals surface area contributed by atoms with E-state index in [1.54, 1.807) is 6.21 Å². The summed E-state index contributed by atoms with van der Waals surface area (Å²) in [5.74, 6) is -1.32. The minimum absolute atomic E-state index is 0.0513. The number of rotatable bonds is 7. The lowest BCUT2D eigenvalue weighted by molar-refractivity contribution is -0.384. The molecule has 0 spiro atoms. The largest absolute Gasteiger partial charge is 0.291 e. The molecule has 0 saturated carbocycles. The van der Waals surface area contributed by atoms with E-state index in [1.807, 2.05) is 4.83 Å². The van der Waals surface area contributed by atoms with Crippen molar-refractivity contribution in [2.45, 2.75) is 12.8 Å². The van der Waals surface area contributed by atoms with Crippen LogP contribution in [-0.2, 0) is 14.8 Å². The second-order valence-electron chi connectivity index (χ2n) is 5.13. The van der Waals surface area contributed by atoms with E-state index in [-0.39, 0.29) is 16.1 Å². The van der Waals surface area contributed by atoms with Gasteiger partial charge in [0.1, 0.15) is 6.54 Å². The third kappa shape index (κ3) is 5.27. The number of hydrogen-bond acceptors (Lipinski definition) is 8. The summed E-state index contributed by atoms with van der Waals surface area (Å²) < 4.78 is 23.0. The summed E-state index contributed by atoms with van der Waals surface area (Å²) in [5, 5.41) is 12.6. The highest BCUT2D eigenvalue weighted by Crippen LogP contribution is 2.22. The summed E-state index contributed by atoms with van der Waals surface area (Å²) in [7, 11) is -3.81. The molecule has 2 rings (SSSR count). The molecule has 0 saturated heterocycles. The van der Waals surface area contributed by atoms with Crippen molar-refractivity contribution in [3.63, 3.8) is 0 Å². The lowest BCUT2D eigenvalue weighted by Crippen LogP contribution is -2.48. The maximum absolute atomic E-state index is 12.5. The Morgan fingerprint density at radius 2 is 2.20 bits per heavy atom. The molecule has 0 aliphatic carbocycles. The Bertz CT molecular complexity index is 871. The number of hydrazine groups is 1. The average Bonchev–Trinajstić information content (AvgIpc) is 3.03. The van der Waals surface area contributed by atoms with Crippen LogP contribution in [0.2, 0.25) is 0 Å². The number of nitro groups is 1. The number of nitrogens with one attached hydrogen (secondary N) is 1. The Balaban J connectivity index is 2.21. The Labute approximate surface area is 147 Å². The molecule has 0 atom stereocenters. The first kappa shape index (κ1) is 18.9. The van der Waals surface area contributed by atoms with Gasteiger partial charge in [-0.15, -0.1) is 16.2 Å². The summed E-state index contributed by atoms with van der Waals surface area (Å²) in [6.45, 7) is -0.593. The van der Waals surface area contributed by atoms with Gasteiger partial charge in [0.2, 0.25) is 10.0 Å². The molecule has 0 aromatic carbocycles. The highest BCUT2D eigenvalue weighted by Gasteiger charge is 2.26. The first-order valence-electron chi connectivity index (χ1n) is 6.93. The maximum atomic E-state index is 12.5. The molecule has 1 amide bonds. The molecular formula is C13H14N4O6S2. The molecule has 1 aromatic heterocycles. The van der Waals surface area contributed by atoms with Crippen LogP contribution in [0, 0.1) is 10.1 Å². The average molecular weight is 386 g/mol. The van der Waals surface area contributed by atoms with E-state index < -0.39 is 33.2 Å². The lowest BCUT2D eigenvalue weighted by Gasteiger charge is -2.22. The summed E-state index contributed by atoms with van der Waals surface area (Å²) in [6, 6.07) is 1.08. The molecule has 2 heterocycles. The molecule has 12 heteroatoms. The molecule has 0 fully saturated rings. The molecule has 10 nitrogen and oxygen atoms in total. The molecule has 1 N–H and O–H groups in total. The lowest BCUT2D eigenvalue weighted by atomic mass is 10.1. The molecule has 1 aromatic rings. The number of aliphatic imine (C=N–C) groups is 1. The quantitative estimate of drug-likeness (QED) is 0.419. The van der Waals surface area contributed by atoms with Crippen LogP contribution in [0.25, 0.3) is 0 Å². The van der Waals surface area contributed by atoms with Crippen molar-refractivity contribution in [2.75, 3.05) is 12.8 Å². The fourth-order valence-electron chi connectivity index (χ4n) is 1.97. The molecule has 1 aliphatic heterocycles. The zero-order valence-corrected chi connectivity index (χ0v) is 14.7. The van der Waals surface area contributed by atoms with Crippen molar-refractivity contribution in [3.8, 4) is 0 Å². The van der Waals surface area contributed by atoms with Gasteiger partial charge in [-0.3, -0.25) is 29.7 Å². The van der Waals surface area contributed by atoms with Crippen LogP contribution >= 0.6 is 11.3 Å². The minimum atomic E-state index is -3.81. The zero-order chi connectivity index (χ0) is 18.6. The predicted octanol–water partition coefficient (Wildman–Crippen LogP) is 0.880. The fraction of sp³-hybridized carbons (Fsp3) is 0.308. The van der Waals surface area contributed by atoms with Crippen LogP contribution in [0.4, 0.5) is 5.69 Å². The van der Waals surface area contributed by atoms with E-state index in [4.69, 9.17) is 0 Å². The molecule has 134 valence electrons. The fourth-order valence-corrected chi connectivity index (χ4v) is 3.31. The number of ketones is 1. The standard InChI is InChI=1S/C13H14N4O6S2/c1-25(22,23)15-16(13(19)9-3-2-4-14-6-9)7-11(18)12-5-10(8-24-12)17(20)21/h4-6,8,15H,2-3,7H2,1H3. The van der Waals surface area contributed by atoms with Gasteiger partial charge in [-0.05, 0) is 12.8 Å². The second-order valence-corrected chi connectivity index (χ2v) is 7.77. The SMILES string of the molecule is CS(=O)(=O)NN(CC(=O)c1cc([N+](=O)[O-])cs1)C(=O)C1=CN=CCC1. The van der Waals surface area contributed by atoms with Gasteiger partial charge in [0.05, 0.1) is 21.4 Å². The van der Waals surface area contributed by atoms with Gasteiger partial charge >= 0.3 is 0 Å². The second kappa shape index (κ2) is 7.63. The van der Waals surface area contributed by atoms with Gasteiger partial charge in [-0.2, -0.15) is 0 Å². The number of amides is 1. The number of Topliss-reactive ketones (excluding diaryl/α,β-unsaturated/α-hetero) is 1. The number of carbonyl (C=O) groups is 2. The Kier molecular flexibility index (Phi) is 5.77. The first-order valence-corrected chi connectivity index (χ1v) is 9.70. The van der Waals surface area contributed by atoms with Crippen molar-refractivity contribution in [1.82, 2.24) is 9.84 Å². The van der Waals surface area contributed by atoms with Crippen LogP contribution in [0.5, 0.6) is 0 Å². The van der Waals surface area contributed by atoms with Gasteiger partial charge in [-0.25, -0.2) is 8.42 Å². The normalized spacial score (nSPS) is 14.0. The van der Waals surface area contributed by atoms with E-state index >= 15 is 0 Å². The number of thiophene rings is 1. The number of carbonyl (C=O) groups excluding carboxylic acids is 2. The topological polar surface area (TPSA) is 139 Å². The maximum Gasteiger partial charge on any atom is 0.280 e. The zero-order valence-electron chi connectivity index (χ0n) is 13.0. The Morgan fingerprint density at radius 3 is 2.72 bits per heavy atom. The minimum Gasteiger partial charge on any atom is -0.291 e. The monoisotopic (exact) mass is 386 g/mol. The summed E-state index contributed by atoms with van der Waals surface area (Å²) in [5.41, 5.74) is 0.00948. The van der Waals surface area contributed by atoms with Crippen molar-refractivity contribution in [2.24, 2.45) is 4.99 Å². The number of nitrogens with zero attached hydrogens (tertiary/aromatic N) is 3. The van der Waals surface area contributed by atoms with E-state index in [2.05, 4.69) is 4.99 Å². The first-order chi connectivity index (χ1) is 11.7. The summed E-state index contributed by atoms with van der Waals surface area (Å²) in [4.78, 5) is 40.7. The third-order valence-corrected chi connectivity index (χ3v) is 4.56. The molecule has 0 unspecified atom stereocenters. The predicted molar refractivity (Wildman–Crippen MR) is 90.8 cm³/mol. The van der Waals surface area contributed by atoms with E-state index in [0.29, 0.717) is 17.9 Å². The Morgan fingerprint density at radius 1 is 1.48 bits per heavy atom. The van der Waals surface area contributed by atoms with Gasteiger partial charge < -0.3 is 0 Å². The van der Waals surface area contributed by atoms with Crippen LogP contribution < -0.4 is 4.83 Å². The highest BCUT2D eigenvalue weighted by atomic mass is 32.2. The van der Waals surface area contributed by atoms with Crippen LogP contribution in [0.15, 0.2) is 28.2 Å². The number of sulfonamides is 1. The number of hydrogen-bond donors (Lipinski definition) is 1. The van der Waals surface area contributed by atoms with Gasteiger partial charge in [0, 0.05) is 24.1 Å². The molecule has 1 aliphatic rings. The van der Waals surface area contributed by atoms with Gasteiger partial charge in [0.25, 0.3) is 11.6 Å². The van der Waals surface area contributed by atoms with Crippen LogP contribution in [0.1, 0.15) is 22.5 Å². The van der Waals surface area contributed by atoms with Crippen molar-refractivity contribution < 1.29 is 22.9 Å². The van der Waals surface area contributed by atoms with Crippen LogP contribution in [0.3, 0.4) is 0 Å². The van der Waals surface area contributed by atoms with Crippen molar-refractivity contribution in [3.05, 3.63) is 38.2 Å². The highest BCUT2D eigenvalue weighted by molar-refractivity contribution is 7.88. The van der Waals surface area contributed by atoms with Crippen molar-refractivity contribution in [1.29, 1.82) is 0 Å². The Hall–Kier alpha value is -2.44. The smallest absolute Gasteiger partial charge is 0.280 e. The van der Waals surface area contributed by atoms with Gasteiger partial charge in [-0.1, -0.05) is 0 Å². The van der Waals surface area contributed by atoms with E-state index in [9.17, 15) is 28.1 Å². The van der Waals surface area contributed by atoms with Gasteiger partial charge in [0.15, 0.2) is 5.78 Å². The summed E-state index contributed by atoms with van der Waals surface area (Å²) in [6.07, 6.45) is 4.66.